The number of nitrogens with zero attached hydrogens (tertiary/aromatic N) is 1. The maximum atomic E-state index is 12.1. The maximum Gasteiger partial charge on any atom is 0.195 e. The zero-order valence-corrected chi connectivity index (χ0v) is 11.2. The normalized spacial score (nSPS) is 11.4. The Balaban J connectivity index is 1.88. The fourth-order valence-corrected chi connectivity index (χ4v) is 2.86. The summed E-state index contributed by atoms with van der Waals surface area (Å²) in [7, 11) is 0. The van der Waals surface area contributed by atoms with Crippen molar-refractivity contribution < 1.29 is 4.79 Å². The van der Waals surface area contributed by atoms with Gasteiger partial charge in [-0.05, 0) is 36.6 Å². The molecule has 0 aliphatic heterocycles. The molecule has 19 heavy (non-hydrogen) atoms. The van der Waals surface area contributed by atoms with Gasteiger partial charge in [-0.1, -0.05) is 18.2 Å². The highest BCUT2D eigenvalue weighted by molar-refractivity contribution is 7.21. The second-order valence-electron chi connectivity index (χ2n) is 4.26. The molecule has 2 aromatic heterocycles. The van der Waals surface area contributed by atoms with Gasteiger partial charge in [0.15, 0.2) is 5.78 Å². The first kappa shape index (κ1) is 11.9. The molecule has 2 heterocycles. The number of hydrogen-bond donors (Lipinski definition) is 1. The third kappa shape index (κ3) is 2.35. The van der Waals surface area contributed by atoms with E-state index < -0.39 is 0 Å². The zero-order chi connectivity index (χ0) is 13.2. The van der Waals surface area contributed by atoms with E-state index in [1.807, 2.05) is 37.3 Å². The number of imidazole rings is 1. The summed E-state index contributed by atoms with van der Waals surface area (Å²) >= 11 is 1.52. The zero-order valence-electron chi connectivity index (χ0n) is 10.4. The van der Waals surface area contributed by atoms with Crippen LogP contribution in [0.4, 0.5) is 0 Å². The molecule has 3 nitrogen and oxygen atoms in total. The van der Waals surface area contributed by atoms with Crippen molar-refractivity contribution in [3.05, 3.63) is 59.0 Å². The summed E-state index contributed by atoms with van der Waals surface area (Å²) in [6.07, 6.45) is 4.95. The molecule has 4 heteroatoms. The van der Waals surface area contributed by atoms with E-state index in [4.69, 9.17) is 0 Å². The quantitative estimate of drug-likeness (QED) is 0.579. The molecule has 3 rings (SSSR count). The third-order valence-corrected chi connectivity index (χ3v) is 4.06. The Labute approximate surface area is 114 Å². The number of fused-ring (bicyclic) bond motifs is 1. The van der Waals surface area contributed by atoms with Crippen LogP contribution in [0.1, 0.15) is 21.1 Å². The van der Waals surface area contributed by atoms with Crippen molar-refractivity contribution in [1.82, 2.24) is 9.97 Å². The largest absolute Gasteiger partial charge is 0.348 e. The molecule has 94 valence electrons. The van der Waals surface area contributed by atoms with E-state index in [0.29, 0.717) is 0 Å². The van der Waals surface area contributed by atoms with Gasteiger partial charge in [-0.2, -0.15) is 0 Å². The highest BCUT2D eigenvalue weighted by atomic mass is 32.1. The molecule has 0 unspecified atom stereocenters. The van der Waals surface area contributed by atoms with Gasteiger partial charge in [-0.15, -0.1) is 11.3 Å². The summed E-state index contributed by atoms with van der Waals surface area (Å²) in [6.45, 7) is 1.93. The van der Waals surface area contributed by atoms with Crippen molar-refractivity contribution >= 4 is 33.3 Å². The van der Waals surface area contributed by atoms with Gasteiger partial charge < -0.3 is 4.98 Å². The molecule has 1 N–H and O–H groups in total. The van der Waals surface area contributed by atoms with Crippen molar-refractivity contribution in [1.29, 1.82) is 0 Å². The fourth-order valence-electron chi connectivity index (χ4n) is 1.88. The molecule has 0 saturated heterocycles. The van der Waals surface area contributed by atoms with Crippen LogP contribution in [0.25, 0.3) is 16.2 Å². The standard InChI is InChI=1S/C15H12N2OS/c1-10-12(17-9-16-10)6-7-13(18)15-8-11-4-2-3-5-14(11)19-15/h2-9H,1H3,(H,16,17). The molecule has 0 aliphatic rings. The molecule has 0 fully saturated rings. The number of aromatic amines is 1. The molecular formula is C15H12N2OS. The van der Waals surface area contributed by atoms with Gasteiger partial charge in [-0.3, -0.25) is 4.79 Å². The van der Waals surface area contributed by atoms with E-state index in [9.17, 15) is 4.79 Å². The Bertz CT molecular complexity index is 734. The number of rotatable bonds is 3. The van der Waals surface area contributed by atoms with Crippen LogP contribution in [0.15, 0.2) is 42.7 Å². The van der Waals surface area contributed by atoms with Gasteiger partial charge in [0.1, 0.15) is 0 Å². The number of carbonyl (C=O) groups excluding carboxylic acids is 1. The monoisotopic (exact) mass is 268 g/mol. The van der Waals surface area contributed by atoms with E-state index in [-0.39, 0.29) is 5.78 Å². The number of allylic oxidation sites excluding steroid dienone is 1. The summed E-state index contributed by atoms with van der Waals surface area (Å²) in [4.78, 5) is 20.0. The van der Waals surface area contributed by atoms with Crippen LogP contribution in [0.2, 0.25) is 0 Å². The number of thiophene rings is 1. The van der Waals surface area contributed by atoms with Crippen molar-refractivity contribution in [3.8, 4) is 0 Å². The maximum absolute atomic E-state index is 12.1. The van der Waals surface area contributed by atoms with Crippen molar-refractivity contribution in [2.24, 2.45) is 0 Å². The molecule has 0 atom stereocenters. The average Bonchev–Trinajstić information content (AvgIpc) is 3.01. The van der Waals surface area contributed by atoms with Crippen LogP contribution < -0.4 is 0 Å². The lowest BCUT2D eigenvalue weighted by Crippen LogP contribution is -1.89. The lowest BCUT2D eigenvalue weighted by Gasteiger charge is -1.89. The van der Waals surface area contributed by atoms with Gasteiger partial charge in [0.25, 0.3) is 0 Å². The predicted octanol–water partition coefficient (Wildman–Crippen LogP) is 3.83. The minimum absolute atomic E-state index is 0.0172. The number of nitrogens with one attached hydrogen (secondary N) is 1. The minimum Gasteiger partial charge on any atom is -0.348 e. The number of ketones is 1. The van der Waals surface area contributed by atoms with Crippen molar-refractivity contribution in [3.63, 3.8) is 0 Å². The second-order valence-corrected chi connectivity index (χ2v) is 5.34. The van der Waals surface area contributed by atoms with Crippen LogP contribution in [0.5, 0.6) is 0 Å². The second kappa shape index (κ2) is 4.82. The van der Waals surface area contributed by atoms with E-state index in [1.54, 1.807) is 18.5 Å². The van der Waals surface area contributed by atoms with Crippen molar-refractivity contribution in [2.75, 3.05) is 0 Å². The minimum atomic E-state index is 0.0172. The summed E-state index contributed by atoms with van der Waals surface area (Å²) in [5, 5.41) is 1.11. The summed E-state index contributed by atoms with van der Waals surface area (Å²) in [5.41, 5.74) is 1.76. The first-order valence-electron chi connectivity index (χ1n) is 5.95. The number of carbonyl (C=O) groups is 1. The smallest absolute Gasteiger partial charge is 0.195 e. The number of aryl methyl sites for hydroxylation is 1. The van der Waals surface area contributed by atoms with Gasteiger partial charge in [0.05, 0.1) is 16.9 Å². The van der Waals surface area contributed by atoms with E-state index >= 15 is 0 Å². The molecule has 0 amide bonds. The Kier molecular flexibility index (Phi) is 3.01. The predicted molar refractivity (Wildman–Crippen MR) is 78.5 cm³/mol. The first-order valence-corrected chi connectivity index (χ1v) is 6.76. The molecule has 0 spiro atoms. The Morgan fingerprint density at radius 1 is 1.37 bits per heavy atom. The summed E-state index contributed by atoms with van der Waals surface area (Å²) in [6, 6.07) is 9.94. The SMILES string of the molecule is Cc1[nH]cnc1C=CC(=O)c1cc2ccccc2s1. The van der Waals surface area contributed by atoms with E-state index in [0.717, 1.165) is 26.4 Å². The lowest BCUT2D eigenvalue weighted by atomic mass is 10.2. The third-order valence-electron chi connectivity index (χ3n) is 2.93. The molecule has 3 aromatic rings. The van der Waals surface area contributed by atoms with Crippen LogP contribution in [0.3, 0.4) is 0 Å². The number of benzene rings is 1. The lowest BCUT2D eigenvalue weighted by molar-refractivity contribution is 0.105. The topological polar surface area (TPSA) is 45.8 Å². The molecule has 0 saturated carbocycles. The van der Waals surface area contributed by atoms with Crippen LogP contribution >= 0.6 is 11.3 Å². The highest BCUT2D eigenvalue weighted by Crippen LogP contribution is 2.25. The van der Waals surface area contributed by atoms with Crippen LogP contribution in [-0.2, 0) is 0 Å². The highest BCUT2D eigenvalue weighted by Gasteiger charge is 2.07. The van der Waals surface area contributed by atoms with E-state index in [1.165, 1.54) is 11.3 Å². The fraction of sp³-hybridized carbons (Fsp3) is 0.0667. The Morgan fingerprint density at radius 2 is 2.21 bits per heavy atom. The van der Waals surface area contributed by atoms with Gasteiger partial charge in [-0.25, -0.2) is 4.98 Å². The molecule has 0 radical (unpaired) electrons. The first-order chi connectivity index (χ1) is 9.24. The average molecular weight is 268 g/mol. The summed E-state index contributed by atoms with van der Waals surface area (Å²) < 4.78 is 1.13. The molecule has 0 aliphatic carbocycles. The van der Waals surface area contributed by atoms with Gasteiger partial charge >= 0.3 is 0 Å². The molecule has 0 bridgehead atoms. The Hall–Kier alpha value is -2.20. The molecule has 1 aromatic carbocycles. The van der Waals surface area contributed by atoms with Crippen LogP contribution in [-0.4, -0.2) is 15.8 Å². The van der Waals surface area contributed by atoms with Gasteiger partial charge in [0, 0.05) is 10.4 Å². The Morgan fingerprint density at radius 3 is 2.95 bits per heavy atom. The number of hydrogen-bond acceptors (Lipinski definition) is 3. The van der Waals surface area contributed by atoms with Crippen LogP contribution in [0, 0.1) is 6.92 Å². The van der Waals surface area contributed by atoms with E-state index in [2.05, 4.69) is 9.97 Å². The summed E-state index contributed by atoms with van der Waals surface area (Å²) in [5.74, 6) is 0.0172. The van der Waals surface area contributed by atoms with Gasteiger partial charge in [0.2, 0.25) is 0 Å². The van der Waals surface area contributed by atoms with Crippen molar-refractivity contribution in [2.45, 2.75) is 6.92 Å². The molecular weight excluding hydrogens is 256 g/mol. The number of H-pyrrole nitrogens is 1. The number of aromatic nitrogens is 2.